The second kappa shape index (κ2) is 6.31. The summed E-state index contributed by atoms with van der Waals surface area (Å²) in [6.45, 7) is 3.90. The number of nitrogens with one attached hydrogen (secondary N) is 1. The summed E-state index contributed by atoms with van der Waals surface area (Å²) in [6.07, 6.45) is 0. The third-order valence-corrected chi connectivity index (χ3v) is 4.05. The Bertz CT molecular complexity index is 867. The highest BCUT2D eigenvalue weighted by Crippen LogP contribution is 2.29. The number of hydrogen-bond acceptors (Lipinski definition) is 2. The maximum Gasteiger partial charge on any atom is 0.291 e. The van der Waals surface area contributed by atoms with Crippen LogP contribution in [0.15, 0.2) is 59.0 Å². The van der Waals surface area contributed by atoms with E-state index in [2.05, 4.69) is 5.32 Å². The molecule has 0 aliphatic heterocycles. The molecule has 116 valence electrons. The third-order valence-electron chi connectivity index (χ3n) is 3.64. The Morgan fingerprint density at radius 2 is 1.83 bits per heavy atom. The van der Waals surface area contributed by atoms with Gasteiger partial charge in [-0.2, -0.15) is 0 Å². The van der Waals surface area contributed by atoms with Crippen molar-refractivity contribution in [1.82, 2.24) is 0 Å². The van der Waals surface area contributed by atoms with E-state index in [-0.39, 0.29) is 11.7 Å². The summed E-state index contributed by atoms with van der Waals surface area (Å²) in [6, 6.07) is 16.7. The van der Waals surface area contributed by atoms with Gasteiger partial charge in [-0.3, -0.25) is 4.79 Å². The number of furan rings is 1. The lowest BCUT2D eigenvalue weighted by atomic mass is 10.1. The number of anilines is 1. The Balaban J connectivity index is 1.84. The predicted molar refractivity (Wildman–Crippen MR) is 93.0 cm³/mol. The molecule has 0 aliphatic rings. The van der Waals surface area contributed by atoms with Gasteiger partial charge in [0.2, 0.25) is 0 Å². The molecule has 0 spiro atoms. The lowest BCUT2D eigenvalue weighted by Crippen LogP contribution is -2.10. The van der Waals surface area contributed by atoms with E-state index in [1.807, 2.05) is 56.3 Å². The Morgan fingerprint density at radius 3 is 2.61 bits per heavy atom. The molecule has 0 unspecified atom stereocenters. The molecule has 3 nitrogen and oxygen atoms in total. The first-order valence-electron chi connectivity index (χ1n) is 7.28. The standard InChI is InChI=1S/C19H16ClNO2/c1-12-5-3-6-14(11-12)21-19(22)18-10-9-17(23-18)15-7-4-8-16(20)13(15)2/h3-11H,1-2H3,(H,21,22). The first-order chi connectivity index (χ1) is 11.0. The van der Waals surface area contributed by atoms with Crippen LogP contribution in [0.3, 0.4) is 0 Å². The second-order valence-electron chi connectivity index (χ2n) is 5.40. The first-order valence-corrected chi connectivity index (χ1v) is 7.66. The van der Waals surface area contributed by atoms with Crippen LogP contribution in [0, 0.1) is 13.8 Å². The van der Waals surface area contributed by atoms with E-state index in [0.717, 1.165) is 22.4 Å². The highest BCUT2D eigenvalue weighted by Gasteiger charge is 2.14. The van der Waals surface area contributed by atoms with Gasteiger partial charge in [0, 0.05) is 16.3 Å². The van der Waals surface area contributed by atoms with Crippen LogP contribution in [0.5, 0.6) is 0 Å². The van der Waals surface area contributed by atoms with Crippen LogP contribution >= 0.6 is 11.6 Å². The summed E-state index contributed by atoms with van der Waals surface area (Å²) >= 11 is 6.13. The largest absolute Gasteiger partial charge is 0.451 e. The van der Waals surface area contributed by atoms with Gasteiger partial charge >= 0.3 is 0 Å². The van der Waals surface area contributed by atoms with Gasteiger partial charge in [0.25, 0.3) is 5.91 Å². The lowest BCUT2D eigenvalue weighted by molar-refractivity contribution is 0.0997. The molecule has 3 rings (SSSR count). The molecule has 0 fully saturated rings. The van der Waals surface area contributed by atoms with Crippen molar-refractivity contribution < 1.29 is 9.21 Å². The van der Waals surface area contributed by atoms with Crippen molar-refractivity contribution in [3.63, 3.8) is 0 Å². The average Bonchev–Trinajstić information content (AvgIpc) is 3.00. The molecule has 0 atom stereocenters. The van der Waals surface area contributed by atoms with E-state index in [0.29, 0.717) is 10.8 Å². The van der Waals surface area contributed by atoms with Crippen molar-refractivity contribution in [2.75, 3.05) is 5.32 Å². The molecule has 1 aromatic heterocycles. The number of hydrogen-bond donors (Lipinski definition) is 1. The molecule has 23 heavy (non-hydrogen) atoms. The first kappa shape index (κ1) is 15.4. The third kappa shape index (κ3) is 3.30. The molecule has 0 saturated carbocycles. The van der Waals surface area contributed by atoms with Crippen LogP contribution < -0.4 is 5.32 Å². The minimum Gasteiger partial charge on any atom is -0.451 e. The molecule has 1 N–H and O–H groups in total. The number of amides is 1. The van der Waals surface area contributed by atoms with Crippen LogP contribution in [0.1, 0.15) is 21.7 Å². The van der Waals surface area contributed by atoms with E-state index in [1.54, 1.807) is 12.1 Å². The minimum absolute atomic E-state index is 0.265. The Morgan fingerprint density at radius 1 is 1.04 bits per heavy atom. The number of aryl methyl sites for hydroxylation is 1. The number of halogens is 1. The topological polar surface area (TPSA) is 42.2 Å². The van der Waals surface area contributed by atoms with E-state index < -0.39 is 0 Å². The van der Waals surface area contributed by atoms with E-state index in [4.69, 9.17) is 16.0 Å². The van der Waals surface area contributed by atoms with Crippen LogP contribution in [0.2, 0.25) is 5.02 Å². The monoisotopic (exact) mass is 325 g/mol. The van der Waals surface area contributed by atoms with E-state index >= 15 is 0 Å². The van der Waals surface area contributed by atoms with Gasteiger partial charge in [-0.05, 0) is 55.3 Å². The van der Waals surface area contributed by atoms with E-state index in [9.17, 15) is 4.79 Å². The summed E-state index contributed by atoms with van der Waals surface area (Å²) < 4.78 is 5.70. The Kier molecular flexibility index (Phi) is 4.22. The zero-order valence-corrected chi connectivity index (χ0v) is 13.6. The Hall–Kier alpha value is -2.52. The zero-order valence-electron chi connectivity index (χ0n) is 12.9. The maximum absolute atomic E-state index is 12.3. The van der Waals surface area contributed by atoms with Crippen LogP contribution in [0.25, 0.3) is 11.3 Å². The molecule has 2 aromatic carbocycles. The van der Waals surface area contributed by atoms with Gasteiger partial charge in [0.15, 0.2) is 5.76 Å². The minimum atomic E-state index is -0.276. The molecule has 1 amide bonds. The summed E-state index contributed by atoms with van der Waals surface area (Å²) in [4.78, 5) is 12.3. The normalized spacial score (nSPS) is 10.6. The van der Waals surface area contributed by atoms with Crippen molar-refractivity contribution in [3.8, 4) is 11.3 Å². The van der Waals surface area contributed by atoms with Crippen LogP contribution in [-0.2, 0) is 0 Å². The van der Waals surface area contributed by atoms with Gasteiger partial charge in [-0.25, -0.2) is 0 Å². The zero-order chi connectivity index (χ0) is 16.4. The summed E-state index contributed by atoms with van der Waals surface area (Å²) in [5, 5.41) is 3.50. The average molecular weight is 326 g/mol. The van der Waals surface area contributed by atoms with Gasteiger partial charge in [0.05, 0.1) is 0 Å². The molecule has 0 saturated heterocycles. The molecule has 3 aromatic rings. The van der Waals surface area contributed by atoms with Crippen molar-refractivity contribution in [3.05, 3.63) is 76.5 Å². The Labute approximate surface area is 139 Å². The molecule has 1 heterocycles. The number of benzene rings is 2. The fourth-order valence-corrected chi connectivity index (χ4v) is 2.57. The van der Waals surface area contributed by atoms with Crippen LogP contribution in [-0.4, -0.2) is 5.91 Å². The number of rotatable bonds is 3. The van der Waals surface area contributed by atoms with Gasteiger partial charge < -0.3 is 9.73 Å². The molecule has 0 aliphatic carbocycles. The molecule has 4 heteroatoms. The second-order valence-corrected chi connectivity index (χ2v) is 5.81. The molecular weight excluding hydrogens is 310 g/mol. The number of carbonyl (C=O) groups excluding carboxylic acids is 1. The fraction of sp³-hybridized carbons (Fsp3) is 0.105. The summed E-state index contributed by atoms with van der Waals surface area (Å²) in [7, 11) is 0. The van der Waals surface area contributed by atoms with E-state index in [1.165, 1.54) is 0 Å². The lowest BCUT2D eigenvalue weighted by Gasteiger charge is -2.05. The SMILES string of the molecule is Cc1cccc(NC(=O)c2ccc(-c3cccc(Cl)c3C)o2)c1. The van der Waals surface area contributed by atoms with Gasteiger partial charge in [-0.15, -0.1) is 0 Å². The highest BCUT2D eigenvalue weighted by atomic mass is 35.5. The summed E-state index contributed by atoms with van der Waals surface area (Å²) in [5.41, 5.74) is 3.63. The predicted octanol–water partition coefficient (Wildman–Crippen LogP) is 5.47. The van der Waals surface area contributed by atoms with Gasteiger partial charge in [-0.1, -0.05) is 35.9 Å². The van der Waals surface area contributed by atoms with Crippen LogP contribution in [0.4, 0.5) is 5.69 Å². The number of carbonyl (C=O) groups is 1. The van der Waals surface area contributed by atoms with Crippen molar-refractivity contribution in [2.45, 2.75) is 13.8 Å². The highest BCUT2D eigenvalue weighted by molar-refractivity contribution is 6.31. The molecule has 0 radical (unpaired) electrons. The molecule has 0 bridgehead atoms. The van der Waals surface area contributed by atoms with Crippen molar-refractivity contribution in [1.29, 1.82) is 0 Å². The van der Waals surface area contributed by atoms with Gasteiger partial charge in [0.1, 0.15) is 5.76 Å². The summed E-state index contributed by atoms with van der Waals surface area (Å²) in [5.74, 6) is 0.613. The fourth-order valence-electron chi connectivity index (χ4n) is 2.39. The smallest absolute Gasteiger partial charge is 0.291 e. The maximum atomic E-state index is 12.3. The molecular formula is C19H16ClNO2. The van der Waals surface area contributed by atoms with Crippen molar-refractivity contribution >= 4 is 23.2 Å². The van der Waals surface area contributed by atoms with Crippen molar-refractivity contribution in [2.24, 2.45) is 0 Å². The quantitative estimate of drug-likeness (QED) is 0.693.